The highest BCUT2D eigenvalue weighted by Crippen LogP contribution is 2.22. The summed E-state index contributed by atoms with van der Waals surface area (Å²) in [6, 6.07) is 3.43. The number of hydrogen-bond donors (Lipinski definition) is 1. The van der Waals surface area contributed by atoms with Crippen molar-refractivity contribution < 1.29 is 9.53 Å². The first-order valence-electron chi connectivity index (χ1n) is 5.65. The van der Waals surface area contributed by atoms with Crippen LogP contribution in [0, 0.1) is 0 Å². The Bertz CT molecular complexity index is 537. The van der Waals surface area contributed by atoms with E-state index in [4.69, 9.17) is 10.5 Å². The largest absolute Gasteiger partial charge is 0.477 e. The van der Waals surface area contributed by atoms with Gasteiger partial charge in [-0.05, 0) is 18.6 Å². The van der Waals surface area contributed by atoms with Gasteiger partial charge in [0.15, 0.2) is 0 Å². The molecule has 0 aromatic carbocycles. The van der Waals surface area contributed by atoms with E-state index in [-0.39, 0.29) is 11.4 Å². The van der Waals surface area contributed by atoms with Gasteiger partial charge < -0.3 is 10.5 Å². The van der Waals surface area contributed by atoms with E-state index in [0.717, 1.165) is 6.42 Å². The zero-order chi connectivity index (χ0) is 13.0. The zero-order valence-electron chi connectivity index (χ0n) is 10.0. The number of nitrogens with two attached hydrogens (primary N) is 1. The molecule has 0 radical (unpaired) electrons. The summed E-state index contributed by atoms with van der Waals surface area (Å²) in [5, 5.41) is 4.08. The smallest absolute Gasteiger partial charge is 0.256 e. The van der Waals surface area contributed by atoms with Gasteiger partial charge >= 0.3 is 0 Å². The van der Waals surface area contributed by atoms with Gasteiger partial charge in [0.05, 0.1) is 12.3 Å². The quantitative estimate of drug-likeness (QED) is 0.858. The third kappa shape index (κ3) is 2.32. The van der Waals surface area contributed by atoms with Crippen LogP contribution in [0.3, 0.4) is 0 Å². The Morgan fingerprint density at radius 3 is 2.94 bits per heavy atom. The lowest BCUT2D eigenvalue weighted by atomic mass is 10.2. The van der Waals surface area contributed by atoms with Crippen LogP contribution in [0.2, 0.25) is 0 Å². The topological polar surface area (TPSA) is 83.0 Å². The van der Waals surface area contributed by atoms with Crippen LogP contribution in [0.25, 0.3) is 5.69 Å². The van der Waals surface area contributed by atoms with Gasteiger partial charge in [0.25, 0.3) is 5.91 Å². The van der Waals surface area contributed by atoms with E-state index < -0.39 is 5.91 Å². The van der Waals surface area contributed by atoms with Gasteiger partial charge in [-0.1, -0.05) is 6.92 Å². The Morgan fingerprint density at radius 2 is 2.33 bits per heavy atom. The molecule has 2 N–H and O–H groups in total. The van der Waals surface area contributed by atoms with Crippen LogP contribution in [0.15, 0.2) is 30.7 Å². The number of amides is 1. The molecule has 94 valence electrons. The molecule has 2 rings (SSSR count). The Morgan fingerprint density at radius 1 is 1.50 bits per heavy atom. The maximum absolute atomic E-state index is 11.6. The SMILES string of the molecule is CCCOc1nccc(-n2cccn2)c1C(N)=O. The molecular formula is C12H14N4O2. The van der Waals surface area contributed by atoms with Crippen molar-refractivity contribution in [3.05, 3.63) is 36.3 Å². The number of hydrogen-bond acceptors (Lipinski definition) is 4. The lowest BCUT2D eigenvalue weighted by Crippen LogP contribution is -2.18. The molecule has 0 aliphatic heterocycles. The number of rotatable bonds is 5. The highest BCUT2D eigenvalue weighted by molar-refractivity contribution is 5.98. The van der Waals surface area contributed by atoms with Crippen molar-refractivity contribution in [2.24, 2.45) is 5.73 Å². The summed E-state index contributed by atoms with van der Waals surface area (Å²) in [6.07, 6.45) is 5.74. The molecule has 0 fully saturated rings. The minimum Gasteiger partial charge on any atom is -0.477 e. The summed E-state index contributed by atoms with van der Waals surface area (Å²) >= 11 is 0. The number of aromatic nitrogens is 3. The Hall–Kier alpha value is -2.37. The predicted octanol–water partition coefficient (Wildman–Crippen LogP) is 1.15. The lowest BCUT2D eigenvalue weighted by Gasteiger charge is -2.11. The fourth-order valence-electron chi connectivity index (χ4n) is 1.58. The molecule has 0 saturated heterocycles. The van der Waals surface area contributed by atoms with E-state index in [1.54, 1.807) is 35.4 Å². The highest BCUT2D eigenvalue weighted by atomic mass is 16.5. The summed E-state index contributed by atoms with van der Waals surface area (Å²) in [7, 11) is 0. The third-order valence-corrected chi connectivity index (χ3v) is 2.33. The Labute approximate surface area is 104 Å². The molecule has 2 heterocycles. The summed E-state index contributed by atoms with van der Waals surface area (Å²) in [6.45, 7) is 2.46. The molecule has 2 aromatic rings. The second-order valence-electron chi connectivity index (χ2n) is 3.67. The van der Waals surface area contributed by atoms with Gasteiger partial charge in [-0.25, -0.2) is 9.67 Å². The highest BCUT2D eigenvalue weighted by Gasteiger charge is 2.17. The first kappa shape index (κ1) is 12.1. The summed E-state index contributed by atoms with van der Waals surface area (Å²) < 4.78 is 6.99. The molecule has 1 amide bonds. The summed E-state index contributed by atoms with van der Waals surface area (Å²) in [5.41, 5.74) is 6.20. The van der Waals surface area contributed by atoms with Crippen LogP contribution < -0.4 is 10.5 Å². The number of carbonyl (C=O) groups excluding carboxylic acids is 1. The molecular weight excluding hydrogens is 232 g/mol. The molecule has 2 aromatic heterocycles. The standard InChI is InChI=1S/C12H14N4O2/c1-2-8-18-12-10(11(13)17)9(4-6-14-12)16-7-3-5-15-16/h3-7H,2,8H2,1H3,(H2,13,17). The van der Waals surface area contributed by atoms with Crippen molar-refractivity contribution >= 4 is 5.91 Å². The second-order valence-corrected chi connectivity index (χ2v) is 3.67. The molecule has 0 atom stereocenters. The van der Waals surface area contributed by atoms with Crippen molar-refractivity contribution in [1.29, 1.82) is 0 Å². The van der Waals surface area contributed by atoms with E-state index in [1.807, 2.05) is 6.92 Å². The van der Waals surface area contributed by atoms with Crippen LogP contribution in [0.1, 0.15) is 23.7 Å². The maximum Gasteiger partial charge on any atom is 0.256 e. The van der Waals surface area contributed by atoms with Crippen molar-refractivity contribution in [1.82, 2.24) is 14.8 Å². The molecule has 18 heavy (non-hydrogen) atoms. The van der Waals surface area contributed by atoms with Crippen molar-refractivity contribution in [2.45, 2.75) is 13.3 Å². The van der Waals surface area contributed by atoms with E-state index >= 15 is 0 Å². The van der Waals surface area contributed by atoms with E-state index in [9.17, 15) is 4.79 Å². The number of carbonyl (C=O) groups is 1. The lowest BCUT2D eigenvalue weighted by molar-refractivity contribution is 0.0995. The van der Waals surface area contributed by atoms with Crippen LogP contribution in [-0.4, -0.2) is 27.3 Å². The molecule has 0 aliphatic carbocycles. The van der Waals surface area contributed by atoms with E-state index in [0.29, 0.717) is 12.3 Å². The van der Waals surface area contributed by atoms with Crippen LogP contribution in [0.4, 0.5) is 0 Å². The summed E-state index contributed by atoms with van der Waals surface area (Å²) in [5.74, 6) is -0.336. The van der Waals surface area contributed by atoms with Gasteiger partial charge in [0.2, 0.25) is 5.88 Å². The number of primary amides is 1. The van der Waals surface area contributed by atoms with Crippen molar-refractivity contribution in [2.75, 3.05) is 6.61 Å². The first-order valence-corrected chi connectivity index (χ1v) is 5.65. The Balaban J connectivity index is 2.49. The number of ether oxygens (including phenoxy) is 1. The number of nitrogens with zero attached hydrogens (tertiary/aromatic N) is 3. The molecule has 6 heteroatoms. The van der Waals surface area contributed by atoms with Crippen molar-refractivity contribution in [3.8, 4) is 11.6 Å². The minimum absolute atomic E-state index is 0.245. The average molecular weight is 246 g/mol. The van der Waals surface area contributed by atoms with Gasteiger partial charge in [-0.15, -0.1) is 0 Å². The molecule has 0 unspecified atom stereocenters. The van der Waals surface area contributed by atoms with Gasteiger partial charge in [0, 0.05) is 18.6 Å². The molecule has 0 bridgehead atoms. The first-order chi connectivity index (χ1) is 8.74. The minimum atomic E-state index is -0.584. The zero-order valence-corrected chi connectivity index (χ0v) is 10.0. The molecule has 6 nitrogen and oxygen atoms in total. The van der Waals surface area contributed by atoms with E-state index in [1.165, 1.54) is 0 Å². The predicted molar refractivity (Wildman–Crippen MR) is 65.7 cm³/mol. The number of pyridine rings is 1. The monoisotopic (exact) mass is 246 g/mol. The van der Waals surface area contributed by atoms with Crippen LogP contribution in [-0.2, 0) is 0 Å². The molecule has 0 spiro atoms. The second kappa shape index (κ2) is 5.31. The van der Waals surface area contributed by atoms with Crippen molar-refractivity contribution in [3.63, 3.8) is 0 Å². The Kier molecular flexibility index (Phi) is 3.57. The fraction of sp³-hybridized carbons (Fsp3) is 0.250. The van der Waals surface area contributed by atoms with Gasteiger partial charge in [0.1, 0.15) is 5.56 Å². The third-order valence-electron chi connectivity index (χ3n) is 2.33. The van der Waals surface area contributed by atoms with Crippen LogP contribution in [0.5, 0.6) is 5.88 Å². The molecule has 0 saturated carbocycles. The normalized spacial score (nSPS) is 10.3. The van der Waals surface area contributed by atoms with Crippen LogP contribution >= 0.6 is 0 Å². The van der Waals surface area contributed by atoms with E-state index in [2.05, 4.69) is 10.1 Å². The summed E-state index contributed by atoms with van der Waals surface area (Å²) in [4.78, 5) is 15.6. The van der Waals surface area contributed by atoms with Gasteiger partial charge in [-0.2, -0.15) is 5.10 Å². The molecule has 0 aliphatic rings. The van der Waals surface area contributed by atoms with Gasteiger partial charge in [-0.3, -0.25) is 4.79 Å². The fourth-order valence-corrected chi connectivity index (χ4v) is 1.58. The average Bonchev–Trinajstić information content (AvgIpc) is 2.89. The maximum atomic E-state index is 11.6.